The zero-order valence-electron chi connectivity index (χ0n) is 10.9. The van der Waals surface area contributed by atoms with Crippen molar-refractivity contribution in [2.24, 2.45) is 5.92 Å². The van der Waals surface area contributed by atoms with E-state index in [-0.39, 0.29) is 0 Å². The van der Waals surface area contributed by atoms with Gasteiger partial charge < -0.3 is 5.32 Å². The van der Waals surface area contributed by atoms with Crippen LogP contribution in [0.15, 0.2) is 24.4 Å². The van der Waals surface area contributed by atoms with Crippen LogP contribution in [0.3, 0.4) is 0 Å². The second-order valence-electron chi connectivity index (χ2n) is 5.11. The van der Waals surface area contributed by atoms with Crippen molar-refractivity contribution in [3.05, 3.63) is 30.1 Å². The highest BCUT2D eigenvalue weighted by molar-refractivity contribution is 5.03. The van der Waals surface area contributed by atoms with Gasteiger partial charge in [-0.1, -0.05) is 32.3 Å². The maximum absolute atomic E-state index is 4.37. The van der Waals surface area contributed by atoms with Gasteiger partial charge >= 0.3 is 0 Å². The molecule has 1 heterocycles. The number of aromatic nitrogens is 1. The Bertz CT molecular complexity index is 304. The summed E-state index contributed by atoms with van der Waals surface area (Å²) < 4.78 is 0. The number of nitrogens with zero attached hydrogens (tertiary/aromatic N) is 1. The molecule has 1 fully saturated rings. The van der Waals surface area contributed by atoms with E-state index < -0.39 is 0 Å². The van der Waals surface area contributed by atoms with Crippen molar-refractivity contribution in [3.63, 3.8) is 0 Å². The van der Waals surface area contributed by atoms with Gasteiger partial charge in [-0.3, -0.25) is 4.98 Å². The maximum Gasteiger partial charge on any atom is 0.0541 e. The standard InChI is InChI=1S/C15H24N2/c1-2-15(13-8-4-3-5-9-13)17-12-14-10-6-7-11-16-14/h6-7,10-11,13,15,17H,2-5,8-9,12H2,1H3. The molecule has 1 unspecified atom stereocenters. The molecule has 0 saturated heterocycles. The highest BCUT2D eigenvalue weighted by atomic mass is 14.9. The van der Waals surface area contributed by atoms with Gasteiger partial charge in [0.05, 0.1) is 5.69 Å². The van der Waals surface area contributed by atoms with Crippen LogP contribution in [0, 0.1) is 5.92 Å². The molecule has 1 saturated carbocycles. The number of hydrogen-bond donors (Lipinski definition) is 1. The summed E-state index contributed by atoms with van der Waals surface area (Å²) in [6, 6.07) is 6.81. The monoisotopic (exact) mass is 232 g/mol. The third kappa shape index (κ3) is 3.81. The largest absolute Gasteiger partial charge is 0.308 e. The molecule has 1 aliphatic carbocycles. The van der Waals surface area contributed by atoms with Gasteiger partial charge in [-0.25, -0.2) is 0 Å². The Hall–Kier alpha value is -0.890. The summed E-state index contributed by atoms with van der Waals surface area (Å²) in [6.07, 6.45) is 10.2. The van der Waals surface area contributed by atoms with Gasteiger partial charge in [-0.2, -0.15) is 0 Å². The highest BCUT2D eigenvalue weighted by Gasteiger charge is 2.21. The molecule has 0 aliphatic heterocycles. The Morgan fingerprint density at radius 1 is 1.29 bits per heavy atom. The molecule has 2 nitrogen and oxygen atoms in total. The minimum Gasteiger partial charge on any atom is -0.308 e. The zero-order chi connectivity index (χ0) is 11.9. The summed E-state index contributed by atoms with van der Waals surface area (Å²) in [5, 5.41) is 3.69. The van der Waals surface area contributed by atoms with Crippen molar-refractivity contribution in [2.45, 2.75) is 58.0 Å². The molecular formula is C15H24N2. The fraction of sp³-hybridized carbons (Fsp3) is 0.667. The molecule has 1 aliphatic rings. The van der Waals surface area contributed by atoms with E-state index in [1.165, 1.54) is 38.5 Å². The molecule has 1 aromatic rings. The first-order valence-electron chi connectivity index (χ1n) is 7.03. The van der Waals surface area contributed by atoms with E-state index in [2.05, 4.69) is 29.4 Å². The minimum absolute atomic E-state index is 0.678. The number of rotatable bonds is 5. The lowest BCUT2D eigenvalue weighted by molar-refractivity contribution is 0.261. The summed E-state index contributed by atoms with van der Waals surface area (Å²) in [5.74, 6) is 0.887. The molecule has 1 atom stereocenters. The first kappa shape index (κ1) is 12.6. The molecular weight excluding hydrogens is 208 g/mol. The smallest absolute Gasteiger partial charge is 0.0541 e. The number of nitrogens with one attached hydrogen (secondary N) is 1. The summed E-state index contributed by atoms with van der Waals surface area (Å²) in [6.45, 7) is 3.21. The lowest BCUT2D eigenvalue weighted by Crippen LogP contribution is -2.36. The fourth-order valence-corrected chi connectivity index (χ4v) is 2.92. The van der Waals surface area contributed by atoms with Gasteiger partial charge in [-0.05, 0) is 37.3 Å². The van der Waals surface area contributed by atoms with Crippen molar-refractivity contribution in [1.82, 2.24) is 10.3 Å². The Morgan fingerprint density at radius 3 is 2.76 bits per heavy atom. The number of hydrogen-bond acceptors (Lipinski definition) is 2. The summed E-state index contributed by atoms with van der Waals surface area (Å²) in [4.78, 5) is 4.37. The average molecular weight is 232 g/mol. The van der Waals surface area contributed by atoms with Crippen LogP contribution >= 0.6 is 0 Å². The van der Waals surface area contributed by atoms with Gasteiger partial charge in [0.1, 0.15) is 0 Å². The second kappa shape index (κ2) is 6.75. The molecule has 0 spiro atoms. The van der Waals surface area contributed by atoms with Gasteiger partial charge in [0, 0.05) is 18.8 Å². The highest BCUT2D eigenvalue weighted by Crippen LogP contribution is 2.27. The predicted molar refractivity (Wildman–Crippen MR) is 71.7 cm³/mol. The summed E-state index contributed by atoms with van der Waals surface area (Å²) in [5.41, 5.74) is 1.15. The fourth-order valence-electron chi connectivity index (χ4n) is 2.92. The van der Waals surface area contributed by atoms with Crippen LogP contribution in [0.4, 0.5) is 0 Å². The van der Waals surface area contributed by atoms with E-state index in [1.807, 2.05) is 12.3 Å². The van der Waals surface area contributed by atoms with Crippen LogP contribution in [0.25, 0.3) is 0 Å². The lowest BCUT2D eigenvalue weighted by atomic mass is 9.83. The van der Waals surface area contributed by atoms with E-state index in [9.17, 15) is 0 Å². The van der Waals surface area contributed by atoms with Crippen LogP contribution in [-0.2, 0) is 6.54 Å². The van der Waals surface area contributed by atoms with E-state index in [4.69, 9.17) is 0 Å². The molecule has 0 aromatic carbocycles. The summed E-state index contributed by atoms with van der Waals surface area (Å²) in [7, 11) is 0. The summed E-state index contributed by atoms with van der Waals surface area (Å²) >= 11 is 0. The lowest BCUT2D eigenvalue weighted by Gasteiger charge is -2.30. The van der Waals surface area contributed by atoms with Gasteiger partial charge in [0.2, 0.25) is 0 Å². The molecule has 0 radical (unpaired) electrons. The molecule has 2 heteroatoms. The van der Waals surface area contributed by atoms with E-state index in [1.54, 1.807) is 0 Å². The minimum atomic E-state index is 0.678. The van der Waals surface area contributed by atoms with E-state index >= 15 is 0 Å². The number of pyridine rings is 1. The van der Waals surface area contributed by atoms with E-state index in [0.29, 0.717) is 6.04 Å². The third-order valence-electron chi connectivity index (χ3n) is 3.93. The van der Waals surface area contributed by atoms with Crippen LogP contribution in [0.2, 0.25) is 0 Å². The van der Waals surface area contributed by atoms with Crippen molar-refractivity contribution in [2.75, 3.05) is 0 Å². The molecule has 17 heavy (non-hydrogen) atoms. The Morgan fingerprint density at radius 2 is 2.12 bits per heavy atom. The van der Waals surface area contributed by atoms with Crippen molar-refractivity contribution in [3.8, 4) is 0 Å². The molecule has 0 amide bonds. The van der Waals surface area contributed by atoms with Gasteiger partial charge in [-0.15, -0.1) is 0 Å². The molecule has 1 aromatic heterocycles. The average Bonchev–Trinajstić information content (AvgIpc) is 2.42. The van der Waals surface area contributed by atoms with Crippen molar-refractivity contribution < 1.29 is 0 Å². The quantitative estimate of drug-likeness (QED) is 0.840. The Balaban J connectivity index is 1.82. The SMILES string of the molecule is CCC(NCc1ccccn1)C1CCCCC1. The molecule has 2 rings (SSSR count). The first-order valence-corrected chi connectivity index (χ1v) is 7.03. The molecule has 94 valence electrons. The molecule has 0 bridgehead atoms. The van der Waals surface area contributed by atoms with E-state index in [0.717, 1.165) is 18.2 Å². The topological polar surface area (TPSA) is 24.9 Å². The van der Waals surface area contributed by atoms with Crippen LogP contribution in [0.5, 0.6) is 0 Å². The van der Waals surface area contributed by atoms with Crippen molar-refractivity contribution >= 4 is 0 Å². The normalized spacial score (nSPS) is 19.1. The Labute approximate surface area is 105 Å². The van der Waals surface area contributed by atoms with Gasteiger partial charge in [0.25, 0.3) is 0 Å². The third-order valence-corrected chi connectivity index (χ3v) is 3.93. The zero-order valence-corrected chi connectivity index (χ0v) is 10.9. The molecule has 1 N–H and O–H groups in total. The van der Waals surface area contributed by atoms with Crippen LogP contribution in [-0.4, -0.2) is 11.0 Å². The second-order valence-corrected chi connectivity index (χ2v) is 5.11. The first-order chi connectivity index (χ1) is 8.40. The Kier molecular flexibility index (Phi) is 4.99. The maximum atomic E-state index is 4.37. The van der Waals surface area contributed by atoms with Gasteiger partial charge in [0.15, 0.2) is 0 Å². The predicted octanol–water partition coefficient (Wildman–Crippen LogP) is 3.53. The van der Waals surface area contributed by atoms with Crippen LogP contribution in [0.1, 0.15) is 51.1 Å². The van der Waals surface area contributed by atoms with Crippen molar-refractivity contribution in [1.29, 1.82) is 0 Å². The van der Waals surface area contributed by atoms with Crippen LogP contribution < -0.4 is 5.32 Å².